The Balaban J connectivity index is 2.00. The number of allylic oxidation sites excluding steroid dienone is 4. The van der Waals surface area contributed by atoms with Crippen LogP contribution in [0.15, 0.2) is 71.8 Å². The van der Waals surface area contributed by atoms with E-state index in [4.69, 9.17) is 9.47 Å². The number of methoxy groups -OCH3 is 1. The largest absolute Gasteiger partial charge is 0.496 e. The predicted octanol–water partition coefficient (Wildman–Crippen LogP) is 6.51. The van der Waals surface area contributed by atoms with E-state index in [1.165, 1.54) is 16.7 Å². The van der Waals surface area contributed by atoms with Crippen LogP contribution in [0, 0.1) is 0 Å². The van der Waals surface area contributed by atoms with Crippen molar-refractivity contribution >= 4 is 0 Å². The molecule has 0 N–H and O–H groups in total. The van der Waals surface area contributed by atoms with Gasteiger partial charge in [-0.2, -0.15) is 0 Å². The van der Waals surface area contributed by atoms with Gasteiger partial charge in [0.05, 0.1) is 7.11 Å². The molecule has 0 radical (unpaired) electrons. The Morgan fingerprint density at radius 1 is 0.962 bits per heavy atom. The van der Waals surface area contributed by atoms with Crippen LogP contribution in [0.3, 0.4) is 0 Å². The fourth-order valence-electron chi connectivity index (χ4n) is 2.72. The van der Waals surface area contributed by atoms with Crippen molar-refractivity contribution in [1.82, 2.24) is 0 Å². The molecule has 2 nitrogen and oxygen atoms in total. The van der Waals surface area contributed by atoms with Crippen LogP contribution in [0.1, 0.15) is 44.7 Å². The van der Waals surface area contributed by atoms with E-state index in [9.17, 15) is 0 Å². The first-order chi connectivity index (χ1) is 12.6. The summed E-state index contributed by atoms with van der Waals surface area (Å²) in [5.74, 6) is 1.78. The monoisotopic (exact) mass is 350 g/mol. The molecule has 0 aliphatic carbocycles. The number of hydrogen-bond acceptors (Lipinski definition) is 2. The smallest absolute Gasteiger partial charge is 0.122 e. The van der Waals surface area contributed by atoms with E-state index in [1.807, 2.05) is 30.3 Å². The van der Waals surface area contributed by atoms with Gasteiger partial charge < -0.3 is 9.47 Å². The summed E-state index contributed by atoms with van der Waals surface area (Å²) in [6.07, 6.45) is 7.62. The average Bonchev–Trinajstić information content (AvgIpc) is 2.65. The van der Waals surface area contributed by atoms with E-state index in [0.717, 1.165) is 36.3 Å². The van der Waals surface area contributed by atoms with Crippen LogP contribution in [0.4, 0.5) is 0 Å². The van der Waals surface area contributed by atoms with Crippen molar-refractivity contribution in [3.05, 3.63) is 83.0 Å². The summed E-state index contributed by atoms with van der Waals surface area (Å²) in [7, 11) is 1.72. The normalized spacial score (nSPS) is 11.2. The summed E-state index contributed by atoms with van der Waals surface area (Å²) >= 11 is 0. The third kappa shape index (κ3) is 6.79. The van der Waals surface area contributed by atoms with Gasteiger partial charge in [-0.25, -0.2) is 0 Å². The molecular formula is C24H30O2. The predicted molar refractivity (Wildman–Crippen MR) is 110 cm³/mol. The Hall–Kier alpha value is -2.48. The first-order valence-corrected chi connectivity index (χ1v) is 9.21. The second-order valence-corrected chi connectivity index (χ2v) is 6.82. The molecule has 0 saturated heterocycles. The second kappa shape index (κ2) is 10.5. The molecule has 0 aliphatic rings. The van der Waals surface area contributed by atoms with Crippen LogP contribution in [0.25, 0.3) is 0 Å². The van der Waals surface area contributed by atoms with Crippen molar-refractivity contribution < 1.29 is 9.47 Å². The van der Waals surface area contributed by atoms with Crippen LogP contribution in [0.2, 0.25) is 0 Å². The molecule has 0 fully saturated rings. The first-order valence-electron chi connectivity index (χ1n) is 9.21. The maximum Gasteiger partial charge on any atom is 0.122 e. The van der Waals surface area contributed by atoms with Gasteiger partial charge in [-0.3, -0.25) is 0 Å². The van der Waals surface area contributed by atoms with Crippen molar-refractivity contribution in [2.75, 3.05) is 7.11 Å². The van der Waals surface area contributed by atoms with Gasteiger partial charge >= 0.3 is 0 Å². The molecule has 2 aromatic carbocycles. The van der Waals surface area contributed by atoms with Crippen molar-refractivity contribution in [1.29, 1.82) is 0 Å². The molecule has 0 amide bonds. The zero-order valence-electron chi connectivity index (χ0n) is 16.4. The van der Waals surface area contributed by atoms with Gasteiger partial charge in [-0.1, -0.05) is 53.6 Å². The zero-order valence-corrected chi connectivity index (χ0v) is 16.4. The fourth-order valence-corrected chi connectivity index (χ4v) is 2.72. The van der Waals surface area contributed by atoms with Gasteiger partial charge in [0.1, 0.15) is 18.1 Å². The van der Waals surface area contributed by atoms with E-state index in [2.05, 4.69) is 51.1 Å². The quantitative estimate of drug-likeness (QED) is 0.480. The zero-order chi connectivity index (χ0) is 18.8. The number of ether oxygens (including phenoxy) is 2. The van der Waals surface area contributed by atoms with Crippen molar-refractivity contribution in [2.45, 2.75) is 46.6 Å². The van der Waals surface area contributed by atoms with Crippen molar-refractivity contribution in [2.24, 2.45) is 0 Å². The lowest BCUT2D eigenvalue weighted by molar-refractivity contribution is 0.305. The highest BCUT2D eigenvalue weighted by molar-refractivity contribution is 5.41. The summed E-state index contributed by atoms with van der Waals surface area (Å²) in [5.41, 5.74) is 5.10. The lowest BCUT2D eigenvalue weighted by Gasteiger charge is -2.11. The van der Waals surface area contributed by atoms with Crippen LogP contribution in [0.5, 0.6) is 11.5 Å². The minimum absolute atomic E-state index is 0.574. The van der Waals surface area contributed by atoms with Gasteiger partial charge in [0.15, 0.2) is 0 Å². The molecular weight excluding hydrogens is 320 g/mol. The van der Waals surface area contributed by atoms with Gasteiger partial charge in [0, 0.05) is 5.56 Å². The van der Waals surface area contributed by atoms with Crippen LogP contribution < -0.4 is 9.47 Å². The molecule has 0 spiro atoms. The Kier molecular flexibility index (Phi) is 8.01. The molecule has 2 rings (SSSR count). The molecule has 138 valence electrons. The van der Waals surface area contributed by atoms with Crippen molar-refractivity contribution in [3.63, 3.8) is 0 Å². The summed E-state index contributed by atoms with van der Waals surface area (Å²) in [6, 6.07) is 16.3. The maximum atomic E-state index is 5.95. The van der Waals surface area contributed by atoms with E-state index in [1.54, 1.807) is 7.11 Å². The Morgan fingerprint density at radius 3 is 2.42 bits per heavy atom. The van der Waals surface area contributed by atoms with E-state index >= 15 is 0 Å². The first kappa shape index (κ1) is 19.8. The van der Waals surface area contributed by atoms with Crippen LogP contribution in [-0.2, 0) is 13.0 Å². The molecule has 0 heterocycles. The topological polar surface area (TPSA) is 18.5 Å². The molecule has 2 aromatic rings. The third-order valence-corrected chi connectivity index (χ3v) is 4.26. The molecule has 26 heavy (non-hydrogen) atoms. The molecule has 0 saturated carbocycles. The SMILES string of the molecule is COc1ccc(OCc2ccccc2)cc1C/C=C(\C)CCC=C(C)C. The van der Waals surface area contributed by atoms with Crippen molar-refractivity contribution in [3.8, 4) is 11.5 Å². The molecule has 0 unspecified atom stereocenters. The third-order valence-electron chi connectivity index (χ3n) is 4.26. The van der Waals surface area contributed by atoms with E-state index in [0.29, 0.717) is 6.61 Å². The van der Waals surface area contributed by atoms with E-state index in [-0.39, 0.29) is 0 Å². The molecule has 0 atom stereocenters. The Morgan fingerprint density at radius 2 is 1.73 bits per heavy atom. The van der Waals surface area contributed by atoms with E-state index < -0.39 is 0 Å². The Bertz CT molecular complexity index is 738. The summed E-state index contributed by atoms with van der Waals surface area (Å²) in [5, 5.41) is 0. The van der Waals surface area contributed by atoms with Crippen LogP contribution in [-0.4, -0.2) is 7.11 Å². The summed E-state index contributed by atoms with van der Waals surface area (Å²) in [6.45, 7) is 7.06. The molecule has 2 heteroatoms. The summed E-state index contributed by atoms with van der Waals surface area (Å²) in [4.78, 5) is 0. The van der Waals surface area contributed by atoms with Gasteiger partial charge in [0.2, 0.25) is 0 Å². The standard InChI is InChI=1S/C24H30O2/c1-19(2)9-8-10-20(3)13-14-22-17-23(15-16-24(22)25-4)26-18-21-11-6-5-7-12-21/h5-7,9,11-13,15-17H,8,10,14,18H2,1-4H3/b20-13+. The number of benzene rings is 2. The lowest BCUT2D eigenvalue weighted by atomic mass is 10.1. The molecule has 0 aromatic heterocycles. The maximum absolute atomic E-state index is 5.95. The van der Waals surface area contributed by atoms with Gasteiger partial charge in [-0.05, 0) is 63.8 Å². The molecule has 0 bridgehead atoms. The van der Waals surface area contributed by atoms with Crippen LogP contribution >= 0.6 is 0 Å². The van der Waals surface area contributed by atoms with Gasteiger partial charge in [-0.15, -0.1) is 0 Å². The van der Waals surface area contributed by atoms with Gasteiger partial charge in [0.25, 0.3) is 0 Å². The highest BCUT2D eigenvalue weighted by Gasteiger charge is 2.05. The minimum atomic E-state index is 0.574. The number of hydrogen-bond donors (Lipinski definition) is 0. The number of rotatable bonds is 9. The highest BCUT2D eigenvalue weighted by atomic mass is 16.5. The Labute approximate surface area is 158 Å². The molecule has 0 aliphatic heterocycles. The fraction of sp³-hybridized carbons (Fsp3) is 0.333. The minimum Gasteiger partial charge on any atom is -0.496 e. The highest BCUT2D eigenvalue weighted by Crippen LogP contribution is 2.26. The lowest BCUT2D eigenvalue weighted by Crippen LogP contribution is -1.97. The summed E-state index contributed by atoms with van der Waals surface area (Å²) < 4.78 is 11.5. The average molecular weight is 351 g/mol. The second-order valence-electron chi connectivity index (χ2n) is 6.82.